The minimum absolute atomic E-state index is 0.283. The number of hydrogen-bond donors (Lipinski definition) is 1. The molecule has 1 aromatic carbocycles. The van der Waals surface area contributed by atoms with E-state index in [9.17, 15) is 9.50 Å². The van der Waals surface area contributed by atoms with E-state index >= 15 is 0 Å². The van der Waals surface area contributed by atoms with E-state index in [1.165, 1.54) is 0 Å². The molecule has 0 radical (unpaired) electrons. The molecular weight excluding hydrogens is 235 g/mol. The van der Waals surface area contributed by atoms with Crippen molar-refractivity contribution in [2.75, 3.05) is 0 Å². The highest BCUT2D eigenvalue weighted by atomic mass is 79.9. The minimum Gasteiger partial charge on any atom is -0.385 e. The SMILES string of the molecule is Cc1ccc(Br)c(C2(O)CC2)c1F. The molecule has 1 aliphatic rings. The van der Waals surface area contributed by atoms with Crippen molar-refractivity contribution in [1.82, 2.24) is 0 Å². The van der Waals surface area contributed by atoms with E-state index in [-0.39, 0.29) is 5.82 Å². The van der Waals surface area contributed by atoms with E-state index in [0.29, 0.717) is 28.4 Å². The van der Waals surface area contributed by atoms with Crippen molar-refractivity contribution in [3.05, 3.63) is 33.5 Å². The molecule has 1 fully saturated rings. The van der Waals surface area contributed by atoms with Gasteiger partial charge in [0.05, 0.1) is 5.60 Å². The highest BCUT2D eigenvalue weighted by molar-refractivity contribution is 9.10. The van der Waals surface area contributed by atoms with Crippen LogP contribution in [0.5, 0.6) is 0 Å². The Bertz CT molecular complexity index is 358. The summed E-state index contributed by atoms with van der Waals surface area (Å²) in [6, 6.07) is 3.48. The normalized spacial score (nSPS) is 18.8. The summed E-state index contributed by atoms with van der Waals surface area (Å²) >= 11 is 3.26. The van der Waals surface area contributed by atoms with Crippen molar-refractivity contribution in [2.24, 2.45) is 0 Å². The lowest BCUT2D eigenvalue weighted by atomic mass is 10.0. The van der Waals surface area contributed by atoms with Crippen molar-refractivity contribution < 1.29 is 9.50 Å². The molecule has 0 atom stereocenters. The molecule has 1 N–H and O–H groups in total. The molecule has 13 heavy (non-hydrogen) atoms. The van der Waals surface area contributed by atoms with E-state index in [4.69, 9.17) is 0 Å². The summed E-state index contributed by atoms with van der Waals surface area (Å²) in [6.45, 7) is 1.71. The first-order valence-electron chi connectivity index (χ1n) is 4.22. The van der Waals surface area contributed by atoms with Gasteiger partial charge in [-0.05, 0) is 31.4 Å². The van der Waals surface area contributed by atoms with E-state index in [2.05, 4.69) is 15.9 Å². The third-order valence-corrected chi connectivity index (χ3v) is 3.13. The van der Waals surface area contributed by atoms with Gasteiger partial charge in [-0.2, -0.15) is 0 Å². The molecule has 2 rings (SSSR count). The van der Waals surface area contributed by atoms with Crippen LogP contribution in [-0.4, -0.2) is 5.11 Å². The third-order valence-electron chi connectivity index (χ3n) is 2.47. The first-order chi connectivity index (χ1) is 6.04. The maximum absolute atomic E-state index is 13.6. The van der Waals surface area contributed by atoms with Crippen LogP contribution in [0.4, 0.5) is 4.39 Å². The van der Waals surface area contributed by atoms with Crippen molar-refractivity contribution in [1.29, 1.82) is 0 Å². The molecule has 3 heteroatoms. The molecule has 0 unspecified atom stereocenters. The Balaban J connectivity index is 2.61. The monoisotopic (exact) mass is 244 g/mol. The van der Waals surface area contributed by atoms with Gasteiger partial charge in [0.1, 0.15) is 5.82 Å². The van der Waals surface area contributed by atoms with E-state index < -0.39 is 5.60 Å². The van der Waals surface area contributed by atoms with Gasteiger partial charge in [-0.25, -0.2) is 4.39 Å². The molecule has 1 nitrogen and oxygen atoms in total. The van der Waals surface area contributed by atoms with Crippen LogP contribution in [-0.2, 0) is 5.60 Å². The van der Waals surface area contributed by atoms with Gasteiger partial charge in [-0.3, -0.25) is 0 Å². The zero-order valence-corrected chi connectivity index (χ0v) is 8.86. The number of rotatable bonds is 1. The lowest BCUT2D eigenvalue weighted by Crippen LogP contribution is -2.09. The van der Waals surface area contributed by atoms with Gasteiger partial charge < -0.3 is 5.11 Å². The number of aliphatic hydroxyl groups is 1. The topological polar surface area (TPSA) is 20.2 Å². The Morgan fingerprint density at radius 2 is 2.08 bits per heavy atom. The molecule has 0 aliphatic heterocycles. The number of aryl methyl sites for hydroxylation is 1. The summed E-state index contributed by atoms with van der Waals surface area (Å²) in [5.41, 5.74) is 0.0978. The average Bonchev–Trinajstić information content (AvgIpc) is 2.78. The number of benzene rings is 1. The molecule has 0 saturated heterocycles. The first-order valence-corrected chi connectivity index (χ1v) is 5.01. The lowest BCUT2D eigenvalue weighted by molar-refractivity contribution is 0.145. The first kappa shape index (κ1) is 9.16. The van der Waals surface area contributed by atoms with Gasteiger partial charge in [0.25, 0.3) is 0 Å². The molecule has 0 bridgehead atoms. The maximum Gasteiger partial charge on any atom is 0.133 e. The molecule has 0 heterocycles. The standard InChI is InChI=1S/C10H10BrFO/c1-6-2-3-7(11)8(9(6)12)10(13)4-5-10/h2-3,13H,4-5H2,1H3. The van der Waals surface area contributed by atoms with Crippen molar-refractivity contribution in [2.45, 2.75) is 25.4 Å². The van der Waals surface area contributed by atoms with Crippen LogP contribution < -0.4 is 0 Å². The summed E-state index contributed by atoms with van der Waals surface area (Å²) in [6.07, 6.45) is 1.32. The fourth-order valence-electron chi connectivity index (χ4n) is 1.45. The molecule has 1 aromatic rings. The van der Waals surface area contributed by atoms with E-state index in [0.717, 1.165) is 0 Å². The summed E-state index contributed by atoms with van der Waals surface area (Å²) in [5, 5.41) is 9.82. The van der Waals surface area contributed by atoms with Crippen LogP contribution in [0.1, 0.15) is 24.0 Å². The largest absolute Gasteiger partial charge is 0.385 e. The van der Waals surface area contributed by atoms with E-state index in [1.54, 1.807) is 19.1 Å². The van der Waals surface area contributed by atoms with Gasteiger partial charge in [-0.1, -0.05) is 22.0 Å². The molecule has 0 spiro atoms. The number of halogens is 2. The van der Waals surface area contributed by atoms with Crippen LogP contribution >= 0.6 is 15.9 Å². The Hall–Kier alpha value is -0.410. The highest BCUT2D eigenvalue weighted by Crippen LogP contribution is 2.49. The van der Waals surface area contributed by atoms with Crippen LogP contribution in [0.3, 0.4) is 0 Å². The molecule has 0 amide bonds. The smallest absolute Gasteiger partial charge is 0.133 e. The number of hydrogen-bond acceptors (Lipinski definition) is 1. The van der Waals surface area contributed by atoms with Gasteiger partial charge >= 0.3 is 0 Å². The van der Waals surface area contributed by atoms with E-state index in [1.807, 2.05) is 0 Å². The second-order valence-electron chi connectivity index (χ2n) is 3.58. The maximum atomic E-state index is 13.6. The van der Waals surface area contributed by atoms with Crippen LogP contribution in [0, 0.1) is 12.7 Å². The molecule has 70 valence electrons. The fourth-order valence-corrected chi connectivity index (χ4v) is 2.13. The summed E-state index contributed by atoms with van der Waals surface area (Å²) in [7, 11) is 0. The predicted molar refractivity (Wildman–Crippen MR) is 52.0 cm³/mol. The second kappa shape index (κ2) is 2.79. The highest BCUT2D eigenvalue weighted by Gasteiger charge is 2.45. The second-order valence-corrected chi connectivity index (χ2v) is 4.44. The molecular formula is C10H10BrFO. The van der Waals surface area contributed by atoms with Crippen LogP contribution in [0.25, 0.3) is 0 Å². The predicted octanol–water partition coefficient (Wildman–Crippen LogP) is 2.88. The van der Waals surface area contributed by atoms with Gasteiger partial charge in [-0.15, -0.1) is 0 Å². The van der Waals surface area contributed by atoms with Gasteiger partial charge in [0.2, 0.25) is 0 Å². The summed E-state index contributed by atoms with van der Waals surface area (Å²) in [4.78, 5) is 0. The Morgan fingerprint density at radius 1 is 1.46 bits per heavy atom. The van der Waals surface area contributed by atoms with Gasteiger partial charge in [0.15, 0.2) is 0 Å². The summed E-state index contributed by atoms with van der Waals surface area (Å²) in [5.74, 6) is -0.283. The Kier molecular flexibility index (Phi) is 1.96. The zero-order chi connectivity index (χ0) is 9.64. The Morgan fingerprint density at radius 3 is 2.62 bits per heavy atom. The van der Waals surface area contributed by atoms with Crippen molar-refractivity contribution in [3.63, 3.8) is 0 Å². The van der Waals surface area contributed by atoms with Crippen LogP contribution in [0.15, 0.2) is 16.6 Å². The summed E-state index contributed by atoms with van der Waals surface area (Å²) < 4.78 is 14.3. The van der Waals surface area contributed by atoms with Crippen LogP contribution in [0.2, 0.25) is 0 Å². The minimum atomic E-state index is -0.908. The zero-order valence-electron chi connectivity index (χ0n) is 7.27. The van der Waals surface area contributed by atoms with Crippen molar-refractivity contribution in [3.8, 4) is 0 Å². The lowest BCUT2D eigenvalue weighted by Gasteiger charge is -2.13. The molecule has 1 aliphatic carbocycles. The third kappa shape index (κ3) is 1.40. The quantitative estimate of drug-likeness (QED) is 0.806. The fraction of sp³-hybridized carbons (Fsp3) is 0.400. The average molecular weight is 245 g/mol. The molecule has 1 saturated carbocycles. The molecule has 0 aromatic heterocycles. The van der Waals surface area contributed by atoms with Gasteiger partial charge in [0, 0.05) is 10.0 Å². The van der Waals surface area contributed by atoms with Crippen molar-refractivity contribution >= 4 is 15.9 Å². The Labute approximate surface area is 84.7 Å².